The van der Waals surface area contributed by atoms with E-state index >= 15 is 0 Å². The van der Waals surface area contributed by atoms with Gasteiger partial charge in [0, 0.05) is 30.0 Å². The Kier molecular flexibility index (Phi) is 4.51. The SMILES string of the molecule is CCCCCNc1cc2c(cc1C(=O)O)Nc1ccccc1C2. The summed E-state index contributed by atoms with van der Waals surface area (Å²) in [6, 6.07) is 11.9. The van der Waals surface area contributed by atoms with Gasteiger partial charge >= 0.3 is 5.97 Å². The van der Waals surface area contributed by atoms with Gasteiger partial charge in [0.05, 0.1) is 5.56 Å². The molecule has 4 heteroatoms. The molecule has 0 atom stereocenters. The maximum Gasteiger partial charge on any atom is 0.337 e. The molecule has 0 saturated carbocycles. The standard InChI is InChI=1S/C19H22N2O2/c1-2-3-6-9-20-18-11-14-10-13-7-4-5-8-16(13)21-17(14)12-15(18)19(22)23/h4-5,7-8,11-12,20-21H,2-3,6,9-10H2,1H3,(H,22,23). The molecule has 0 unspecified atom stereocenters. The number of hydrogen-bond donors (Lipinski definition) is 3. The second kappa shape index (κ2) is 6.73. The van der Waals surface area contributed by atoms with Crippen LogP contribution in [-0.2, 0) is 6.42 Å². The minimum Gasteiger partial charge on any atom is -0.478 e. The van der Waals surface area contributed by atoms with Crippen LogP contribution in [0.5, 0.6) is 0 Å². The molecule has 0 fully saturated rings. The Morgan fingerprint density at radius 3 is 2.78 bits per heavy atom. The number of carboxylic acid groups (broad SMARTS) is 1. The maximum atomic E-state index is 11.6. The van der Waals surface area contributed by atoms with E-state index in [0.717, 1.165) is 49.2 Å². The first kappa shape index (κ1) is 15.4. The van der Waals surface area contributed by atoms with Crippen molar-refractivity contribution in [3.8, 4) is 0 Å². The Balaban J connectivity index is 1.88. The second-order valence-electron chi connectivity index (χ2n) is 5.95. The molecule has 0 saturated heterocycles. The van der Waals surface area contributed by atoms with Crippen molar-refractivity contribution < 1.29 is 9.90 Å². The number of fused-ring (bicyclic) bond motifs is 2. The molecule has 0 aromatic heterocycles. The Labute approximate surface area is 136 Å². The number of carbonyl (C=O) groups is 1. The van der Waals surface area contributed by atoms with Crippen LogP contribution >= 0.6 is 0 Å². The topological polar surface area (TPSA) is 61.4 Å². The van der Waals surface area contributed by atoms with Gasteiger partial charge in [-0.3, -0.25) is 0 Å². The molecular formula is C19H22N2O2. The summed E-state index contributed by atoms with van der Waals surface area (Å²) in [5.74, 6) is -0.897. The van der Waals surface area contributed by atoms with Crippen LogP contribution in [0.25, 0.3) is 0 Å². The molecule has 23 heavy (non-hydrogen) atoms. The van der Waals surface area contributed by atoms with Crippen LogP contribution < -0.4 is 10.6 Å². The highest BCUT2D eigenvalue weighted by atomic mass is 16.4. The van der Waals surface area contributed by atoms with Crippen LogP contribution in [0.15, 0.2) is 36.4 Å². The highest BCUT2D eigenvalue weighted by Crippen LogP contribution is 2.36. The molecule has 0 bridgehead atoms. The lowest BCUT2D eigenvalue weighted by Gasteiger charge is -2.23. The molecule has 2 aromatic carbocycles. The number of hydrogen-bond acceptors (Lipinski definition) is 3. The minimum absolute atomic E-state index is 0.326. The predicted octanol–water partition coefficient (Wildman–Crippen LogP) is 4.63. The van der Waals surface area contributed by atoms with Gasteiger partial charge in [-0.1, -0.05) is 38.0 Å². The number of nitrogens with one attached hydrogen (secondary N) is 2. The van der Waals surface area contributed by atoms with Crippen LogP contribution in [0.2, 0.25) is 0 Å². The van der Waals surface area contributed by atoms with Gasteiger partial charge in [0.1, 0.15) is 0 Å². The summed E-state index contributed by atoms with van der Waals surface area (Å²) in [5, 5.41) is 16.1. The van der Waals surface area contributed by atoms with Crippen LogP contribution in [0.4, 0.5) is 17.1 Å². The molecule has 1 heterocycles. The minimum atomic E-state index is -0.897. The Morgan fingerprint density at radius 1 is 1.17 bits per heavy atom. The molecule has 1 aliphatic rings. The average Bonchev–Trinajstić information content (AvgIpc) is 2.56. The van der Waals surface area contributed by atoms with Crippen molar-refractivity contribution in [2.75, 3.05) is 17.2 Å². The van der Waals surface area contributed by atoms with Crippen molar-refractivity contribution >= 4 is 23.0 Å². The van der Waals surface area contributed by atoms with Gasteiger partial charge in [-0.25, -0.2) is 4.79 Å². The Hall–Kier alpha value is -2.49. The zero-order valence-electron chi connectivity index (χ0n) is 13.4. The van der Waals surface area contributed by atoms with Crippen molar-refractivity contribution in [3.63, 3.8) is 0 Å². The van der Waals surface area contributed by atoms with Crippen LogP contribution in [0, 0.1) is 0 Å². The molecule has 120 valence electrons. The molecule has 0 spiro atoms. The van der Waals surface area contributed by atoms with E-state index in [9.17, 15) is 9.90 Å². The van der Waals surface area contributed by atoms with Crippen LogP contribution in [-0.4, -0.2) is 17.6 Å². The van der Waals surface area contributed by atoms with Gasteiger partial charge in [-0.05, 0) is 35.7 Å². The number of unbranched alkanes of at least 4 members (excludes halogenated alkanes) is 2. The molecular weight excluding hydrogens is 288 g/mol. The number of para-hydroxylation sites is 1. The number of carboxylic acids is 1. The third-order valence-electron chi connectivity index (χ3n) is 4.24. The molecule has 0 amide bonds. The summed E-state index contributed by atoms with van der Waals surface area (Å²) in [4.78, 5) is 11.6. The van der Waals surface area contributed by atoms with E-state index in [2.05, 4.69) is 23.6 Å². The average molecular weight is 310 g/mol. The first-order valence-electron chi connectivity index (χ1n) is 8.18. The van der Waals surface area contributed by atoms with Crippen molar-refractivity contribution in [1.29, 1.82) is 0 Å². The van der Waals surface area contributed by atoms with Crippen LogP contribution in [0.3, 0.4) is 0 Å². The largest absolute Gasteiger partial charge is 0.478 e. The van der Waals surface area contributed by atoms with E-state index in [1.807, 2.05) is 24.3 Å². The van der Waals surface area contributed by atoms with Gasteiger partial charge in [-0.15, -0.1) is 0 Å². The fraction of sp³-hybridized carbons (Fsp3) is 0.316. The number of rotatable bonds is 6. The maximum absolute atomic E-state index is 11.6. The zero-order chi connectivity index (χ0) is 16.2. The van der Waals surface area contributed by atoms with Gasteiger partial charge in [0.25, 0.3) is 0 Å². The van der Waals surface area contributed by atoms with Crippen LogP contribution in [0.1, 0.15) is 47.7 Å². The highest BCUT2D eigenvalue weighted by molar-refractivity contribution is 5.96. The van der Waals surface area contributed by atoms with Crippen molar-refractivity contribution in [2.45, 2.75) is 32.6 Å². The lowest BCUT2D eigenvalue weighted by atomic mass is 9.95. The summed E-state index contributed by atoms with van der Waals surface area (Å²) in [7, 11) is 0. The lowest BCUT2D eigenvalue weighted by Crippen LogP contribution is -2.12. The normalized spacial score (nSPS) is 12.0. The predicted molar refractivity (Wildman–Crippen MR) is 93.9 cm³/mol. The quantitative estimate of drug-likeness (QED) is 0.581. The van der Waals surface area contributed by atoms with E-state index < -0.39 is 5.97 Å². The first-order chi connectivity index (χ1) is 11.2. The summed E-state index contributed by atoms with van der Waals surface area (Å²) in [5.41, 5.74) is 5.35. The van der Waals surface area contributed by atoms with E-state index in [1.165, 1.54) is 5.56 Å². The molecule has 0 aliphatic carbocycles. The van der Waals surface area contributed by atoms with Crippen molar-refractivity contribution in [2.24, 2.45) is 0 Å². The zero-order valence-corrected chi connectivity index (χ0v) is 13.4. The Morgan fingerprint density at radius 2 is 2.00 bits per heavy atom. The smallest absolute Gasteiger partial charge is 0.337 e. The summed E-state index contributed by atoms with van der Waals surface area (Å²) >= 11 is 0. The molecule has 3 rings (SSSR count). The number of benzene rings is 2. The lowest BCUT2D eigenvalue weighted by molar-refractivity contribution is 0.0698. The van der Waals surface area contributed by atoms with E-state index in [4.69, 9.17) is 0 Å². The van der Waals surface area contributed by atoms with Gasteiger partial charge in [0.15, 0.2) is 0 Å². The summed E-state index contributed by atoms with van der Waals surface area (Å²) in [6.07, 6.45) is 4.17. The van der Waals surface area contributed by atoms with Gasteiger partial charge in [-0.2, -0.15) is 0 Å². The summed E-state index contributed by atoms with van der Waals surface area (Å²) < 4.78 is 0. The monoisotopic (exact) mass is 310 g/mol. The molecule has 3 N–H and O–H groups in total. The summed E-state index contributed by atoms with van der Waals surface area (Å²) in [6.45, 7) is 2.96. The molecule has 0 radical (unpaired) electrons. The third kappa shape index (κ3) is 3.31. The second-order valence-corrected chi connectivity index (χ2v) is 5.95. The first-order valence-corrected chi connectivity index (χ1v) is 8.18. The molecule has 2 aromatic rings. The third-order valence-corrected chi connectivity index (χ3v) is 4.24. The fourth-order valence-electron chi connectivity index (χ4n) is 2.98. The van der Waals surface area contributed by atoms with E-state index in [0.29, 0.717) is 11.3 Å². The van der Waals surface area contributed by atoms with Crippen molar-refractivity contribution in [1.82, 2.24) is 0 Å². The number of aromatic carboxylic acids is 1. The fourth-order valence-corrected chi connectivity index (χ4v) is 2.98. The molecule has 4 nitrogen and oxygen atoms in total. The Bertz CT molecular complexity index is 725. The van der Waals surface area contributed by atoms with E-state index in [-0.39, 0.29) is 0 Å². The van der Waals surface area contributed by atoms with Gasteiger partial charge < -0.3 is 15.7 Å². The van der Waals surface area contributed by atoms with E-state index in [1.54, 1.807) is 6.07 Å². The van der Waals surface area contributed by atoms with Gasteiger partial charge in [0.2, 0.25) is 0 Å². The van der Waals surface area contributed by atoms with Crippen molar-refractivity contribution in [3.05, 3.63) is 53.1 Å². The number of anilines is 3. The molecule has 1 aliphatic heterocycles. The highest BCUT2D eigenvalue weighted by Gasteiger charge is 2.19.